The van der Waals surface area contributed by atoms with Crippen LogP contribution in [-0.4, -0.2) is 19.7 Å². The van der Waals surface area contributed by atoms with Crippen LogP contribution >= 0.6 is 0 Å². The number of hydrogen-bond donors (Lipinski definition) is 0. The van der Waals surface area contributed by atoms with Gasteiger partial charge in [0.15, 0.2) is 0 Å². The summed E-state index contributed by atoms with van der Waals surface area (Å²) in [4.78, 5) is 3.05. The zero-order valence-electron chi connectivity index (χ0n) is 32.3. The van der Waals surface area contributed by atoms with E-state index in [9.17, 15) is 0 Å². The van der Waals surface area contributed by atoms with Crippen LogP contribution in [-0.2, 0) is 0 Å². The van der Waals surface area contributed by atoms with E-state index in [2.05, 4.69) is 90.4 Å². The molecule has 10 rings (SSSR count). The van der Waals surface area contributed by atoms with Gasteiger partial charge >= 0.3 is 0 Å². The minimum absolute atomic E-state index is 0.139. The van der Waals surface area contributed by atoms with E-state index in [-0.39, 0.29) is 5.41 Å². The van der Waals surface area contributed by atoms with Crippen molar-refractivity contribution >= 4 is 8.80 Å². The minimum Gasteiger partial charge on any atom is -0.342 e. The highest BCUT2D eigenvalue weighted by Crippen LogP contribution is 2.66. The summed E-state index contributed by atoms with van der Waals surface area (Å²) in [6.07, 6.45) is 61.2. The molecule has 0 bridgehead atoms. The van der Waals surface area contributed by atoms with Gasteiger partial charge in [0.25, 0.3) is 0 Å². The van der Waals surface area contributed by atoms with Gasteiger partial charge < -0.3 is 4.90 Å². The fourth-order valence-electron chi connectivity index (χ4n) is 14.3. The molecule has 9 unspecified atom stereocenters. The van der Waals surface area contributed by atoms with Gasteiger partial charge in [-0.15, -0.1) is 0 Å². The Labute approximate surface area is 317 Å². The second-order valence-corrected chi connectivity index (χ2v) is 21.6. The van der Waals surface area contributed by atoms with Crippen molar-refractivity contribution < 1.29 is 0 Å². The Hall–Kier alpha value is -2.58. The van der Waals surface area contributed by atoms with Gasteiger partial charge in [0.2, 0.25) is 0 Å². The van der Waals surface area contributed by atoms with E-state index in [0.717, 1.165) is 23.3 Å². The summed E-state index contributed by atoms with van der Waals surface area (Å²) >= 11 is 0. The Morgan fingerprint density at radius 3 is 2.33 bits per heavy atom. The quantitative estimate of drug-likeness (QED) is 0.196. The van der Waals surface area contributed by atoms with Crippen LogP contribution in [0.15, 0.2) is 118 Å². The van der Waals surface area contributed by atoms with Gasteiger partial charge in [-0.05, 0) is 137 Å². The summed E-state index contributed by atoms with van der Waals surface area (Å²) < 4.78 is 0. The van der Waals surface area contributed by atoms with E-state index in [1.165, 1.54) is 128 Å². The molecule has 0 aromatic rings. The Kier molecular flexibility index (Phi) is 9.30. The minimum atomic E-state index is -1.09. The first-order chi connectivity index (χ1) is 25.7. The first kappa shape index (κ1) is 33.9. The van der Waals surface area contributed by atoms with Crippen LogP contribution in [0.4, 0.5) is 0 Å². The van der Waals surface area contributed by atoms with Gasteiger partial charge in [0.1, 0.15) is 0 Å². The molecule has 0 aromatic carbocycles. The predicted octanol–water partition coefficient (Wildman–Crippen LogP) is 13.1. The summed E-state index contributed by atoms with van der Waals surface area (Å²) in [5, 5.41) is 1.85. The molecule has 1 saturated carbocycles. The molecule has 1 fully saturated rings. The summed E-state index contributed by atoms with van der Waals surface area (Å²) in [5.41, 5.74) is 11.5. The highest BCUT2D eigenvalue weighted by Gasteiger charge is 2.57. The van der Waals surface area contributed by atoms with Crippen LogP contribution < -0.4 is 0 Å². The molecule has 0 saturated heterocycles. The summed E-state index contributed by atoms with van der Waals surface area (Å²) in [5.74, 6) is 4.65. The SMILES string of the molecule is C[SiH]1C2=C(CCC=C2)C2CCC=C(N(C3=CCC(C4CCCCC4)CC3)C3C=CC(C4(C5=CCCC=C5)C5=C(CCC=C5)C5C=CCCC54)CC3)C21. The predicted molar refractivity (Wildman–Crippen MR) is 222 cm³/mol. The Morgan fingerprint density at radius 2 is 1.52 bits per heavy atom. The zero-order chi connectivity index (χ0) is 34.6. The molecule has 0 spiro atoms. The Morgan fingerprint density at radius 1 is 0.654 bits per heavy atom. The fourth-order valence-corrected chi connectivity index (χ4v) is 18.0. The smallest absolute Gasteiger partial charge is 0.0777 e. The van der Waals surface area contributed by atoms with Crippen LogP contribution in [0.5, 0.6) is 0 Å². The van der Waals surface area contributed by atoms with E-state index in [4.69, 9.17) is 0 Å². The van der Waals surface area contributed by atoms with Crippen LogP contribution in [0.25, 0.3) is 0 Å². The van der Waals surface area contributed by atoms with Gasteiger partial charge in [-0.25, -0.2) is 0 Å². The first-order valence-corrected chi connectivity index (χ1v) is 24.8. The lowest BCUT2D eigenvalue weighted by molar-refractivity contribution is 0.154. The lowest BCUT2D eigenvalue weighted by Crippen LogP contribution is -2.44. The second kappa shape index (κ2) is 14.2. The normalized spacial score (nSPS) is 39.8. The van der Waals surface area contributed by atoms with Crippen LogP contribution in [0.2, 0.25) is 12.1 Å². The van der Waals surface area contributed by atoms with Gasteiger partial charge in [-0.1, -0.05) is 134 Å². The van der Waals surface area contributed by atoms with Crippen molar-refractivity contribution in [2.24, 2.45) is 40.9 Å². The van der Waals surface area contributed by atoms with E-state index in [0.29, 0.717) is 23.8 Å². The molecule has 52 heavy (non-hydrogen) atoms. The molecule has 1 heterocycles. The van der Waals surface area contributed by atoms with E-state index < -0.39 is 8.80 Å². The molecular weight excluding hydrogens is 643 g/mol. The summed E-state index contributed by atoms with van der Waals surface area (Å²) in [6, 6.07) is 0.500. The molecule has 2 heteroatoms. The average molecular weight is 708 g/mol. The Bertz CT molecular complexity index is 1730. The average Bonchev–Trinajstić information content (AvgIpc) is 3.69. The molecule has 274 valence electrons. The van der Waals surface area contributed by atoms with Gasteiger partial charge in [-0.2, -0.15) is 0 Å². The molecule has 1 nitrogen and oxygen atoms in total. The molecule has 0 N–H and O–H groups in total. The zero-order valence-corrected chi connectivity index (χ0v) is 33.4. The molecule has 0 aromatic heterocycles. The third kappa shape index (κ3) is 5.49. The molecule has 0 amide bonds. The topological polar surface area (TPSA) is 3.24 Å². The number of allylic oxidation sites excluding steroid dienone is 19. The summed E-state index contributed by atoms with van der Waals surface area (Å²) in [6.45, 7) is 2.72. The van der Waals surface area contributed by atoms with Gasteiger partial charge in [0, 0.05) is 28.3 Å². The highest BCUT2D eigenvalue weighted by molar-refractivity contribution is 6.70. The lowest BCUT2D eigenvalue weighted by atomic mass is 9.55. The maximum Gasteiger partial charge on any atom is 0.0777 e. The highest BCUT2D eigenvalue weighted by atomic mass is 28.3. The standard InChI is InChI=1S/C50H65NSi/c1-52-48-26-13-10-21-43(48)44-22-14-25-47(49(44)52)51(39-31-27-36(28-32-39)35-15-4-2-5-16-35)40-33-29-38(30-34-40)50(37-17-6-3-7-18-37)45-23-11-8-19-41(45)42-20-9-12-24-46(42)50/h6,8,12-13,17-19,24-26,29,31,33,35-36,38,40-41,44-45,49,52H,2-5,7,9-11,14-16,20-23,27-28,30,32,34H2,1H3. The van der Waals surface area contributed by atoms with Crippen molar-refractivity contribution in [1.82, 2.24) is 4.90 Å². The molecule has 1 aliphatic heterocycles. The number of hydrogen-bond acceptors (Lipinski definition) is 1. The third-order valence-electron chi connectivity index (χ3n) is 16.5. The van der Waals surface area contributed by atoms with Crippen molar-refractivity contribution in [2.75, 3.05) is 0 Å². The molecule has 0 radical (unpaired) electrons. The number of nitrogens with zero attached hydrogens (tertiary/aromatic N) is 1. The van der Waals surface area contributed by atoms with E-state index in [1.54, 1.807) is 28.1 Å². The van der Waals surface area contributed by atoms with E-state index in [1.807, 2.05) is 10.8 Å². The number of rotatable bonds is 6. The second-order valence-electron chi connectivity index (χ2n) is 18.7. The largest absolute Gasteiger partial charge is 0.342 e. The fraction of sp³-hybridized carbons (Fsp3) is 0.600. The van der Waals surface area contributed by atoms with Gasteiger partial charge in [0.05, 0.1) is 14.8 Å². The van der Waals surface area contributed by atoms with Crippen molar-refractivity contribution in [3.05, 3.63) is 118 Å². The van der Waals surface area contributed by atoms with Crippen molar-refractivity contribution in [3.8, 4) is 0 Å². The van der Waals surface area contributed by atoms with Crippen molar-refractivity contribution in [2.45, 2.75) is 147 Å². The van der Waals surface area contributed by atoms with Crippen LogP contribution in [0.3, 0.4) is 0 Å². The maximum atomic E-state index is 3.05. The molecule has 10 aliphatic rings. The van der Waals surface area contributed by atoms with Crippen molar-refractivity contribution in [1.29, 1.82) is 0 Å². The van der Waals surface area contributed by atoms with Gasteiger partial charge in [-0.3, -0.25) is 0 Å². The van der Waals surface area contributed by atoms with E-state index >= 15 is 0 Å². The maximum absolute atomic E-state index is 3.05. The van der Waals surface area contributed by atoms with Crippen LogP contribution in [0.1, 0.15) is 128 Å². The van der Waals surface area contributed by atoms with Crippen molar-refractivity contribution in [3.63, 3.8) is 0 Å². The first-order valence-electron chi connectivity index (χ1n) is 22.4. The monoisotopic (exact) mass is 707 g/mol. The Balaban J connectivity index is 1.01. The lowest BCUT2D eigenvalue weighted by Gasteiger charge is -2.50. The molecular formula is C50H65NSi. The number of fused-ring (bicyclic) bond motifs is 4. The molecule has 9 atom stereocenters. The molecule has 9 aliphatic carbocycles. The van der Waals surface area contributed by atoms with Crippen LogP contribution in [0, 0.1) is 40.9 Å². The third-order valence-corrected chi connectivity index (χ3v) is 19.9. The summed E-state index contributed by atoms with van der Waals surface area (Å²) in [7, 11) is -1.09.